The lowest BCUT2D eigenvalue weighted by Crippen LogP contribution is -2.05. The molecule has 134 valence electrons. The molecule has 0 aliphatic carbocycles. The highest BCUT2D eigenvalue weighted by Crippen LogP contribution is 2.21. The Bertz CT molecular complexity index is 1310. The second kappa shape index (κ2) is 6.99. The molecule has 0 atom stereocenters. The van der Waals surface area contributed by atoms with Crippen LogP contribution in [0.3, 0.4) is 0 Å². The number of aromatic nitrogens is 4. The first-order chi connectivity index (χ1) is 14.8. The average Bonchev–Trinajstić information content (AvgIpc) is 3.18. The summed E-state index contributed by atoms with van der Waals surface area (Å²) in [5, 5.41) is 0.802. The summed E-state index contributed by atoms with van der Waals surface area (Å²) in [4.78, 5) is 25.9. The van der Waals surface area contributed by atoms with E-state index >= 15 is 0 Å². The first kappa shape index (κ1) is 12.8. The van der Waals surface area contributed by atoms with Crippen molar-refractivity contribution in [3.8, 4) is 17.1 Å². The first-order valence-electron chi connectivity index (χ1n) is 10.2. The number of fused-ring (bicyclic) bond motifs is 1. The molecule has 0 fully saturated rings. The number of carbonyl (C=O) groups is 1. The van der Waals surface area contributed by atoms with Gasteiger partial charge in [-0.15, -0.1) is 0 Å². The van der Waals surface area contributed by atoms with E-state index in [-0.39, 0.29) is 29.8 Å². The van der Waals surface area contributed by atoms with E-state index in [9.17, 15) is 4.79 Å². The van der Waals surface area contributed by atoms with Crippen molar-refractivity contribution >= 4 is 16.7 Å². The fourth-order valence-corrected chi connectivity index (χ4v) is 2.70. The predicted octanol–water partition coefficient (Wildman–Crippen LogP) is 3.46. The van der Waals surface area contributed by atoms with Gasteiger partial charge < -0.3 is 9.30 Å². The Kier molecular flexibility index (Phi) is 3.30. The van der Waals surface area contributed by atoms with Crippen molar-refractivity contribution in [2.75, 3.05) is 7.11 Å². The van der Waals surface area contributed by atoms with E-state index in [1.807, 2.05) is 23.7 Å². The molecule has 6 heteroatoms. The van der Waals surface area contributed by atoms with Crippen molar-refractivity contribution < 1.29 is 15.0 Å². The number of pyridine rings is 2. The van der Waals surface area contributed by atoms with Gasteiger partial charge in [0.1, 0.15) is 5.75 Å². The summed E-state index contributed by atoms with van der Waals surface area (Å²) >= 11 is 0. The van der Waals surface area contributed by atoms with Crippen LogP contribution < -0.4 is 4.74 Å². The second-order valence-corrected chi connectivity index (χ2v) is 5.96. The largest absolute Gasteiger partial charge is 0.497 e. The molecule has 0 unspecified atom stereocenters. The lowest BCUT2D eigenvalue weighted by atomic mass is 10.1. The Morgan fingerprint density at radius 1 is 1.22 bits per heavy atom. The molecule has 3 heterocycles. The van der Waals surface area contributed by atoms with Crippen LogP contribution in [0, 0.1) is 0 Å². The van der Waals surface area contributed by atoms with Crippen LogP contribution >= 0.6 is 0 Å². The SMILES string of the molecule is [2H]c1c([2H])c(C(=O)Cc2cc3nc(-c4cncn4C)ccc3cn2)c([2H])c([2H])c1OC. The number of hydrogen-bond acceptors (Lipinski definition) is 5. The van der Waals surface area contributed by atoms with Gasteiger partial charge in [-0.05, 0) is 42.4 Å². The van der Waals surface area contributed by atoms with Crippen LogP contribution in [-0.2, 0) is 13.5 Å². The summed E-state index contributed by atoms with van der Waals surface area (Å²) in [6.07, 6.45) is 4.83. The van der Waals surface area contributed by atoms with Gasteiger partial charge in [0.15, 0.2) is 5.78 Å². The number of nitrogens with zero attached hydrogens (tertiary/aromatic N) is 4. The van der Waals surface area contributed by atoms with E-state index in [4.69, 9.17) is 10.2 Å². The van der Waals surface area contributed by atoms with Crippen molar-refractivity contribution in [1.29, 1.82) is 0 Å². The van der Waals surface area contributed by atoms with E-state index < -0.39 is 17.9 Å². The quantitative estimate of drug-likeness (QED) is 0.509. The highest BCUT2D eigenvalue weighted by Gasteiger charge is 2.11. The van der Waals surface area contributed by atoms with Crippen LogP contribution in [0.25, 0.3) is 22.3 Å². The van der Waals surface area contributed by atoms with Gasteiger partial charge in [-0.25, -0.2) is 9.97 Å². The van der Waals surface area contributed by atoms with Crippen LogP contribution in [0.1, 0.15) is 21.5 Å². The lowest BCUT2D eigenvalue weighted by molar-refractivity contribution is 0.0992. The number of Topliss-reactive ketones (excluding diaryl/α,β-unsaturated/α-hetero) is 1. The summed E-state index contributed by atoms with van der Waals surface area (Å²) in [7, 11) is 3.13. The van der Waals surface area contributed by atoms with Gasteiger partial charge in [-0.2, -0.15) is 0 Å². The van der Waals surface area contributed by atoms with Gasteiger partial charge >= 0.3 is 0 Å². The fourth-order valence-electron chi connectivity index (χ4n) is 2.70. The van der Waals surface area contributed by atoms with Gasteiger partial charge in [-0.1, -0.05) is 0 Å². The summed E-state index contributed by atoms with van der Waals surface area (Å²) < 4.78 is 38.9. The smallest absolute Gasteiger partial charge is 0.168 e. The zero-order valence-electron chi connectivity index (χ0n) is 18.8. The standard InChI is InChI=1S/C21H18N4O2/c1-25-13-22-12-20(25)18-8-5-15-11-23-16(9-19(15)24-18)10-21(26)14-3-6-17(27-2)7-4-14/h3-9,11-13H,10H2,1-2H3/i3D,4D,6D,7D. The molecular formula is C21H18N4O2. The number of hydrogen-bond donors (Lipinski definition) is 0. The van der Waals surface area contributed by atoms with Gasteiger partial charge in [0.25, 0.3) is 0 Å². The van der Waals surface area contributed by atoms with Crippen molar-refractivity contribution in [2.45, 2.75) is 6.42 Å². The minimum absolute atomic E-state index is 0.184. The number of ketones is 1. The van der Waals surface area contributed by atoms with Gasteiger partial charge in [0.05, 0.1) is 54.1 Å². The highest BCUT2D eigenvalue weighted by molar-refractivity contribution is 5.97. The summed E-state index contributed by atoms with van der Waals surface area (Å²) in [5.41, 5.74) is 2.35. The Morgan fingerprint density at radius 2 is 2.04 bits per heavy atom. The summed E-state index contributed by atoms with van der Waals surface area (Å²) in [6, 6.07) is 3.80. The topological polar surface area (TPSA) is 69.9 Å². The Morgan fingerprint density at radius 3 is 2.74 bits per heavy atom. The van der Waals surface area contributed by atoms with E-state index in [1.165, 1.54) is 7.11 Å². The molecule has 0 radical (unpaired) electrons. The molecule has 4 aromatic rings. The Labute approximate surface area is 162 Å². The fraction of sp³-hybridized carbons (Fsp3) is 0.143. The maximum atomic E-state index is 12.9. The molecule has 27 heavy (non-hydrogen) atoms. The minimum atomic E-state index is -0.561. The summed E-state index contributed by atoms with van der Waals surface area (Å²) in [5.74, 6) is -0.753. The zero-order chi connectivity index (χ0) is 22.3. The molecule has 0 spiro atoms. The van der Waals surface area contributed by atoms with Crippen molar-refractivity contribution in [2.24, 2.45) is 7.05 Å². The summed E-state index contributed by atoms with van der Waals surface area (Å²) in [6.45, 7) is 0. The molecule has 4 rings (SSSR count). The van der Waals surface area contributed by atoms with E-state index in [0.29, 0.717) is 11.2 Å². The molecule has 0 saturated carbocycles. The highest BCUT2D eigenvalue weighted by atomic mass is 16.5. The number of rotatable bonds is 5. The number of aryl methyl sites for hydroxylation is 1. The van der Waals surface area contributed by atoms with Crippen molar-refractivity contribution in [1.82, 2.24) is 19.5 Å². The monoisotopic (exact) mass is 362 g/mol. The maximum Gasteiger partial charge on any atom is 0.168 e. The molecule has 3 aromatic heterocycles. The van der Waals surface area contributed by atoms with Gasteiger partial charge in [0.2, 0.25) is 0 Å². The molecule has 0 N–H and O–H groups in total. The van der Waals surface area contributed by atoms with Crippen LogP contribution in [0.2, 0.25) is 0 Å². The Hall–Kier alpha value is -3.54. The third-order valence-electron chi connectivity index (χ3n) is 4.14. The van der Waals surface area contributed by atoms with Crippen molar-refractivity contribution in [3.63, 3.8) is 0 Å². The number of carbonyl (C=O) groups excluding carboxylic acids is 1. The van der Waals surface area contributed by atoms with Crippen LogP contribution in [0.5, 0.6) is 5.75 Å². The van der Waals surface area contributed by atoms with E-state index in [2.05, 4.69) is 15.0 Å². The molecule has 1 aromatic carbocycles. The van der Waals surface area contributed by atoms with Crippen molar-refractivity contribution in [3.05, 3.63) is 72.3 Å². The Balaban J connectivity index is 1.70. The molecule has 6 nitrogen and oxygen atoms in total. The maximum absolute atomic E-state index is 12.9. The number of imidazole rings is 1. The third kappa shape index (κ3) is 3.42. The minimum Gasteiger partial charge on any atom is -0.497 e. The molecule has 0 aliphatic rings. The van der Waals surface area contributed by atoms with Crippen LogP contribution in [0.4, 0.5) is 0 Å². The predicted molar refractivity (Wildman–Crippen MR) is 103 cm³/mol. The molecule has 0 amide bonds. The number of benzene rings is 1. The second-order valence-electron chi connectivity index (χ2n) is 5.96. The van der Waals surface area contributed by atoms with Gasteiger partial charge in [-0.3, -0.25) is 9.78 Å². The molecule has 0 bridgehead atoms. The van der Waals surface area contributed by atoms with Crippen LogP contribution in [0.15, 0.2) is 61.1 Å². The third-order valence-corrected chi connectivity index (χ3v) is 4.14. The molecule has 0 aliphatic heterocycles. The van der Waals surface area contributed by atoms with E-state index in [1.54, 1.807) is 24.8 Å². The lowest BCUT2D eigenvalue weighted by Gasteiger charge is -2.06. The molecular weight excluding hydrogens is 340 g/mol. The van der Waals surface area contributed by atoms with E-state index in [0.717, 1.165) is 16.8 Å². The average molecular weight is 362 g/mol. The zero-order valence-corrected chi connectivity index (χ0v) is 14.8. The first-order valence-corrected chi connectivity index (χ1v) is 8.21. The normalized spacial score (nSPS) is 13.0. The van der Waals surface area contributed by atoms with Crippen LogP contribution in [-0.4, -0.2) is 32.4 Å². The van der Waals surface area contributed by atoms with Gasteiger partial charge in [0, 0.05) is 24.2 Å². The number of methoxy groups -OCH3 is 1. The number of ether oxygens (including phenoxy) is 1. The molecule has 0 saturated heterocycles.